The lowest BCUT2D eigenvalue weighted by Gasteiger charge is -2.32. The van der Waals surface area contributed by atoms with Gasteiger partial charge in [0.15, 0.2) is 0 Å². The van der Waals surface area contributed by atoms with Gasteiger partial charge in [-0.25, -0.2) is 9.97 Å². The molecule has 0 bridgehead atoms. The van der Waals surface area contributed by atoms with Gasteiger partial charge in [0.05, 0.1) is 12.3 Å². The van der Waals surface area contributed by atoms with Crippen molar-refractivity contribution in [2.75, 3.05) is 31.1 Å². The molecule has 0 saturated carbocycles. The summed E-state index contributed by atoms with van der Waals surface area (Å²) < 4.78 is 41.6. The number of halogens is 3. The van der Waals surface area contributed by atoms with Crippen LogP contribution in [0.2, 0.25) is 0 Å². The lowest BCUT2D eigenvalue weighted by atomic mass is 9.96. The van der Waals surface area contributed by atoms with E-state index in [1.54, 1.807) is 26.0 Å². The summed E-state index contributed by atoms with van der Waals surface area (Å²) in [5.41, 5.74) is 1.62. The van der Waals surface area contributed by atoms with E-state index in [-0.39, 0.29) is 30.7 Å². The highest BCUT2D eigenvalue weighted by Gasteiger charge is 2.32. The van der Waals surface area contributed by atoms with Crippen molar-refractivity contribution in [3.05, 3.63) is 35.7 Å². The highest BCUT2D eigenvalue weighted by atomic mass is 19.4. The molecule has 1 aromatic heterocycles. The van der Waals surface area contributed by atoms with Crippen molar-refractivity contribution in [2.45, 2.75) is 33.1 Å². The molecule has 1 aliphatic rings. The molecule has 31 heavy (non-hydrogen) atoms. The fourth-order valence-electron chi connectivity index (χ4n) is 3.60. The van der Waals surface area contributed by atoms with Gasteiger partial charge in [0.2, 0.25) is 5.91 Å². The summed E-state index contributed by atoms with van der Waals surface area (Å²) in [5.74, 6) is 0.858. The molecule has 0 atom stereocenters. The maximum Gasteiger partial charge on any atom is 0.573 e. The number of aliphatic hydroxyl groups excluding tert-OH is 1. The monoisotopic (exact) mass is 438 g/mol. The summed E-state index contributed by atoms with van der Waals surface area (Å²) >= 11 is 0. The molecule has 2 aromatic rings. The number of hydrogen-bond acceptors (Lipinski definition) is 6. The van der Waals surface area contributed by atoms with Crippen LogP contribution in [0.5, 0.6) is 5.75 Å². The van der Waals surface area contributed by atoms with Crippen LogP contribution < -0.4 is 15.0 Å². The number of carbonyl (C=O) groups excluding carboxylic acids is 1. The number of nitrogens with one attached hydrogen (secondary N) is 1. The van der Waals surface area contributed by atoms with Gasteiger partial charge >= 0.3 is 6.36 Å². The topological polar surface area (TPSA) is 87.6 Å². The summed E-state index contributed by atoms with van der Waals surface area (Å²) in [6.07, 6.45) is -3.41. The van der Waals surface area contributed by atoms with Crippen LogP contribution >= 0.6 is 0 Å². The minimum absolute atomic E-state index is 0.0510. The number of benzene rings is 1. The van der Waals surface area contributed by atoms with Crippen LogP contribution in [-0.2, 0) is 4.79 Å². The molecule has 10 heteroatoms. The number of ether oxygens (including phenoxy) is 1. The first-order valence-electron chi connectivity index (χ1n) is 10.0. The van der Waals surface area contributed by atoms with Crippen LogP contribution in [-0.4, -0.2) is 53.6 Å². The number of aromatic nitrogens is 2. The van der Waals surface area contributed by atoms with Crippen molar-refractivity contribution in [2.24, 2.45) is 5.92 Å². The first-order chi connectivity index (χ1) is 14.7. The number of alkyl halides is 3. The third kappa shape index (κ3) is 6.06. The van der Waals surface area contributed by atoms with Crippen LogP contribution in [0.4, 0.5) is 19.0 Å². The second-order valence-electron chi connectivity index (χ2n) is 7.46. The average molecular weight is 438 g/mol. The van der Waals surface area contributed by atoms with Crippen molar-refractivity contribution in [1.82, 2.24) is 15.3 Å². The Morgan fingerprint density at radius 2 is 1.94 bits per heavy atom. The van der Waals surface area contributed by atoms with Crippen molar-refractivity contribution >= 4 is 11.7 Å². The van der Waals surface area contributed by atoms with Gasteiger partial charge in [-0.3, -0.25) is 4.79 Å². The molecule has 0 aliphatic carbocycles. The van der Waals surface area contributed by atoms with E-state index in [2.05, 4.69) is 24.9 Å². The average Bonchev–Trinajstić information content (AvgIpc) is 2.72. The number of hydrogen-bond donors (Lipinski definition) is 2. The number of aryl methyl sites for hydroxylation is 2. The number of nitrogens with zero attached hydrogens (tertiary/aromatic N) is 3. The second kappa shape index (κ2) is 9.51. The van der Waals surface area contributed by atoms with Crippen LogP contribution in [0.3, 0.4) is 0 Å². The normalized spacial score (nSPS) is 15.1. The zero-order valence-electron chi connectivity index (χ0n) is 17.4. The first-order valence-corrected chi connectivity index (χ1v) is 10.0. The third-order valence-corrected chi connectivity index (χ3v) is 5.12. The van der Waals surface area contributed by atoms with E-state index in [1.165, 1.54) is 12.1 Å². The Kier molecular flexibility index (Phi) is 6.99. The van der Waals surface area contributed by atoms with Gasteiger partial charge in [-0.15, -0.1) is 13.2 Å². The summed E-state index contributed by atoms with van der Waals surface area (Å²) in [5, 5.41) is 11.5. The van der Waals surface area contributed by atoms with Gasteiger partial charge in [-0.2, -0.15) is 0 Å². The van der Waals surface area contributed by atoms with Gasteiger partial charge in [-0.05, 0) is 50.5 Å². The Morgan fingerprint density at radius 1 is 1.23 bits per heavy atom. The van der Waals surface area contributed by atoms with Crippen LogP contribution in [0.1, 0.15) is 24.2 Å². The SMILES string of the molecule is Cc1nc(-c2ccc(OC(F)(F)F)c(C)c2)cc(N2CCC(C(=O)NCCO)CC2)n1. The lowest BCUT2D eigenvalue weighted by molar-refractivity contribution is -0.274. The van der Waals surface area contributed by atoms with Crippen LogP contribution in [0, 0.1) is 19.8 Å². The highest BCUT2D eigenvalue weighted by molar-refractivity contribution is 5.79. The van der Waals surface area contributed by atoms with Crippen LogP contribution in [0.25, 0.3) is 11.3 Å². The number of rotatable bonds is 6. The standard InChI is InChI=1S/C21H25F3N4O3/c1-13-11-16(3-4-18(13)31-21(22,23)24)17-12-19(27-14(2)26-17)28-8-5-15(6-9-28)20(30)25-7-10-29/h3-4,11-12,15,29H,5-10H2,1-2H3,(H,25,30). The maximum absolute atomic E-state index is 12.5. The van der Waals surface area contributed by atoms with Crippen molar-refractivity contribution in [3.63, 3.8) is 0 Å². The molecule has 1 aliphatic heterocycles. The molecule has 3 rings (SSSR count). The van der Waals surface area contributed by atoms with Crippen molar-refractivity contribution in [3.8, 4) is 17.0 Å². The number of aliphatic hydroxyl groups is 1. The molecule has 0 spiro atoms. The van der Waals surface area contributed by atoms with E-state index >= 15 is 0 Å². The van der Waals surface area contributed by atoms with Gasteiger partial charge in [-0.1, -0.05) is 0 Å². The molecule has 168 valence electrons. The Bertz CT molecular complexity index is 929. The maximum atomic E-state index is 12.5. The summed E-state index contributed by atoms with van der Waals surface area (Å²) in [7, 11) is 0. The fourth-order valence-corrected chi connectivity index (χ4v) is 3.60. The van der Waals surface area contributed by atoms with E-state index in [1.807, 2.05) is 0 Å². The van der Waals surface area contributed by atoms with Crippen molar-refractivity contribution in [1.29, 1.82) is 0 Å². The fraction of sp³-hybridized carbons (Fsp3) is 0.476. The van der Waals surface area contributed by atoms with E-state index in [9.17, 15) is 18.0 Å². The Hall–Kier alpha value is -2.88. The minimum atomic E-state index is -4.74. The molecule has 1 aromatic carbocycles. The highest BCUT2D eigenvalue weighted by Crippen LogP contribution is 2.31. The summed E-state index contributed by atoms with van der Waals surface area (Å²) in [4.78, 5) is 23.1. The molecular weight excluding hydrogens is 413 g/mol. The van der Waals surface area contributed by atoms with E-state index in [0.717, 1.165) is 0 Å². The van der Waals surface area contributed by atoms with Crippen molar-refractivity contribution < 1.29 is 27.8 Å². The molecule has 1 amide bonds. The number of piperidine rings is 1. The molecule has 1 saturated heterocycles. The first kappa shape index (κ1) is 22.8. The molecule has 2 heterocycles. The smallest absolute Gasteiger partial charge is 0.406 e. The third-order valence-electron chi connectivity index (χ3n) is 5.12. The molecular formula is C21H25F3N4O3. The van der Waals surface area contributed by atoms with Gasteiger partial charge < -0.3 is 20.1 Å². The van der Waals surface area contributed by atoms with Crippen LogP contribution in [0.15, 0.2) is 24.3 Å². The Morgan fingerprint density at radius 3 is 2.55 bits per heavy atom. The number of amides is 1. The molecule has 0 radical (unpaired) electrons. The zero-order valence-corrected chi connectivity index (χ0v) is 17.4. The van der Waals surface area contributed by atoms with E-state index in [0.29, 0.717) is 54.4 Å². The molecule has 1 fully saturated rings. The second-order valence-corrected chi connectivity index (χ2v) is 7.46. The van der Waals surface area contributed by atoms with Gasteiger partial charge in [0, 0.05) is 37.2 Å². The largest absolute Gasteiger partial charge is 0.573 e. The Labute approximate surface area is 178 Å². The summed E-state index contributed by atoms with van der Waals surface area (Å²) in [6, 6.07) is 6.23. The van der Waals surface area contributed by atoms with Gasteiger partial charge in [0.25, 0.3) is 0 Å². The van der Waals surface area contributed by atoms with Gasteiger partial charge in [0.1, 0.15) is 17.4 Å². The van der Waals surface area contributed by atoms with E-state index < -0.39 is 6.36 Å². The molecule has 0 unspecified atom stereocenters. The number of carbonyl (C=O) groups is 1. The van der Waals surface area contributed by atoms with E-state index in [4.69, 9.17) is 5.11 Å². The molecule has 2 N–H and O–H groups in total. The minimum Gasteiger partial charge on any atom is -0.406 e. The lowest BCUT2D eigenvalue weighted by Crippen LogP contribution is -2.41. The summed E-state index contributed by atoms with van der Waals surface area (Å²) in [6.45, 7) is 4.76. The molecule has 7 nitrogen and oxygen atoms in total. The zero-order chi connectivity index (χ0) is 22.6. The predicted octanol–water partition coefficient (Wildman–Crippen LogP) is 2.98. The predicted molar refractivity (Wildman–Crippen MR) is 109 cm³/mol. The Balaban J connectivity index is 1.74. The quantitative estimate of drug-likeness (QED) is 0.721. The number of anilines is 1.